The van der Waals surface area contributed by atoms with Crippen LogP contribution in [0.2, 0.25) is 0 Å². The van der Waals surface area contributed by atoms with Crippen LogP contribution in [0, 0.1) is 0 Å². The molecule has 0 aliphatic rings. The minimum Gasteiger partial charge on any atom is -0.309 e. The van der Waals surface area contributed by atoms with Crippen molar-refractivity contribution in [2.75, 3.05) is 0 Å². The van der Waals surface area contributed by atoms with Crippen LogP contribution in [0.4, 0.5) is 0 Å². The molecule has 1 N–H and O–H groups in total. The van der Waals surface area contributed by atoms with E-state index in [1.807, 2.05) is 0 Å². The van der Waals surface area contributed by atoms with E-state index >= 15 is 0 Å². The van der Waals surface area contributed by atoms with Crippen molar-refractivity contribution in [2.45, 2.75) is 39.3 Å². The van der Waals surface area contributed by atoms with Crippen molar-refractivity contribution < 1.29 is 0 Å². The molecule has 0 heterocycles. The highest BCUT2D eigenvalue weighted by Gasteiger charge is 2.12. The van der Waals surface area contributed by atoms with E-state index in [4.69, 9.17) is 0 Å². The van der Waals surface area contributed by atoms with Gasteiger partial charge in [-0.25, -0.2) is 0 Å². The highest BCUT2D eigenvalue weighted by molar-refractivity contribution is 5.82. The summed E-state index contributed by atoms with van der Waals surface area (Å²) in [5.41, 5.74) is 4.27. The maximum absolute atomic E-state index is 3.54. The molecule has 0 saturated carbocycles. The zero-order chi connectivity index (χ0) is 16.3. The Morgan fingerprint density at radius 3 is 2.00 bits per heavy atom. The summed E-state index contributed by atoms with van der Waals surface area (Å²) in [6.07, 6.45) is 0. The van der Waals surface area contributed by atoms with Gasteiger partial charge in [-0.2, -0.15) is 0 Å². The summed E-state index contributed by atoms with van der Waals surface area (Å²) in [7, 11) is 0. The predicted octanol–water partition coefficient (Wildman–Crippen LogP) is 5.43. The first-order valence-electron chi connectivity index (χ1n) is 8.30. The quantitative estimate of drug-likeness (QED) is 0.678. The van der Waals surface area contributed by atoms with Crippen LogP contribution in [0.5, 0.6) is 0 Å². The maximum Gasteiger partial charge on any atom is 0.0208 e. The van der Waals surface area contributed by atoms with Crippen molar-refractivity contribution in [1.29, 1.82) is 0 Å². The molecule has 0 aliphatic carbocycles. The number of rotatable bonds is 4. The normalized spacial score (nSPS) is 11.8. The van der Waals surface area contributed by atoms with Gasteiger partial charge in [-0.1, -0.05) is 81.4 Å². The van der Waals surface area contributed by atoms with Gasteiger partial charge in [0.25, 0.3) is 0 Å². The second kappa shape index (κ2) is 6.55. The molecule has 0 fully saturated rings. The lowest BCUT2D eigenvalue weighted by molar-refractivity contribution is 0.589. The molecule has 0 aromatic heterocycles. The number of fused-ring (bicyclic) bond motifs is 1. The second-order valence-electron chi connectivity index (χ2n) is 7.23. The monoisotopic (exact) mass is 303 g/mol. The Morgan fingerprint density at radius 2 is 1.30 bits per heavy atom. The molecule has 0 radical (unpaired) electrons. The molecular formula is C22H25N. The van der Waals surface area contributed by atoms with E-state index in [1.54, 1.807) is 0 Å². The van der Waals surface area contributed by atoms with E-state index in [2.05, 4.69) is 92.8 Å². The largest absolute Gasteiger partial charge is 0.309 e. The third kappa shape index (κ3) is 4.00. The first-order valence-corrected chi connectivity index (χ1v) is 8.30. The highest BCUT2D eigenvalue weighted by Crippen LogP contribution is 2.22. The van der Waals surface area contributed by atoms with E-state index in [-0.39, 0.29) is 5.41 Å². The van der Waals surface area contributed by atoms with Gasteiger partial charge in [-0.15, -0.1) is 0 Å². The zero-order valence-electron chi connectivity index (χ0n) is 14.3. The highest BCUT2D eigenvalue weighted by atomic mass is 14.8. The molecular weight excluding hydrogens is 278 g/mol. The van der Waals surface area contributed by atoms with Crippen molar-refractivity contribution in [3.05, 3.63) is 83.4 Å². The molecule has 0 saturated heterocycles. The van der Waals surface area contributed by atoms with Gasteiger partial charge >= 0.3 is 0 Å². The van der Waals surface area contributed by atoms with Crippen LogP contribution in [0.15, 0.2) is 66.7 Å². The lowest BCUT2D eigenvalue weighted by Crippen LogP contribution is -2.14. The summed E-state index contributed by atoms with van der Waals surface area (Å²) in [5.74, 6) is 0. The molecule has 1 heteroatoms. The van der Waals surface area contributed by atoms with E-state index < -0.39 is 0 Å². The van der Waals surface area contributed by atoms with Crippen molar-refractivity contribution >= 4 is 10.8 Å². The van der Waals surface area contributed by atoms with Gasteiger partial charge in [0.15, 0.2) is 0 Å². The minimum atomic E-state index is 0.219. The van der Waals surface area contributed by atoms with Crippen molar-refractivity contribution in [1.82, 2.24) is 5.32 Å². The zero-order valence-corrected chi connectivity index (χ0v) is 14.3. The molecule has 3 aromatic carbocycles. The molecule has 0 spiro atoms. The first-order chi connectivity index (χ1) is 11.0. The first kappa shape index (κ1) is 15.8. The van der Waals surface area contributed by atoms with Gasteiger partial charge in [0.05, 0.1) is 0 Å². The van der Waals surface area contributed by atoms with Gasteiger partial charge in [0, 0.05) is 13.1 Å². The number of nitrogens with one attached hydrogen (secondary N) is 1. The molecule has 0 bridgehead atoms. The topological polar surface area (TPSA) is 12.0 Å². The third-order valence-electron chi connectivity index (χ3n) is 4.29. The average Bonchev–Trinajstić information content (AvgIpc) is 2.54. The summed E-state index contributed by atoms with van der Waals surface area (Å²) in [6.45, 7) is 8.54. The van der Waals surface area contributed by atoms with Gasteiger partial charge in [-0.05, 0) is 38.9 Å². The summed E-state index contributed by atoms with van der Waals surface area (Å²) in [4.78, 5) is 0. The number of hydrogen-bond acceptors (Lipinski definition) is 1. The predicted molar refractivity (Wildman–Crippen MR) is 99.6 cm³/mol. The van der Waals surface area contributed by atoms with Crippen LogP contribution in [-0.2, 0) is 18.5 Å². The summed E-state index contributed by atoms with van der Waals surface area (Å²) < 4.78 is 0. The fraction of sp³-hybridized carbons (Fsp3) is 0.273. The number of hydrogen-bond donors (Lipinski definition) is 1. The SMILES string of the molecule is CC(C)(C)c1ccc(CNCc2ccc3ccccc3c2)cc1. The molecule has 0 atom stereocenters. The fourth-order valence-corrected chi connectivity index (χ4v) is 2.82. The molecule has 3 rings (SSSR count). The van der Waals surface area contributed by atoms with Crippen LogP contribution >= 0.6 is 0 Å². The van der Waals surface area contributed by atoms with Crippen molar-refractivity contribution in [3.8, 4) is 0 Å². The van der Waals surface area contributed by atoms with Gasteiger partial charge in [0.2, 0.25) is 0 Å². The van der Waals surface area contributed by atoms with Gasteiger partial charge < -0.3 is 5.32 Å². The Balaban J connectivity index is 1.60. The molecule has 0 amide bonds. The molecule has 0 aliphatic heterocycles. The van der Waals surface area contributed by atoms with E-state index in [9.17, 15) is 0 Å². The standard InChI is InChI=1S/C22H25N/c1-22(2,3)21-12-9-17(10-13-21)15-23-16-18-8-11-19-6-4-5-7-20(19)14-18/h4-14,23H,15-16H2,1-3H3. The minimum absolute atomic E-state index is 0.219. The number of benzene rings is 3. The van der Waals surface area contributed by atoms with Crippen LogP contribution in [-0.4, -0.2) is 0 Å². The van der Waals surface area contributed by atoms with Crippen LogP contribution in [0.3, 0.4) is 0 Å². The Bertz CT molecular complexity index is 779. The molecule has 1 nitrogen and oxygen atoms in total. The van der Waals surface area contributed by atoms with Crippen molar-refractivity contribution in [3.63, 3.8) is 0 Å². The Labute approximate surface area is 139 Å². The third-order valence-corrected chi connectivity index (χ3v) is 4.29. The smallest absolute Gasteiger partial charge is 0.0208 e. The molecule has 118 valence electrons. The van der Waals surface area contributed by atoms with E-state index in [0.29, 0.717) is 0 Å². The van der Waals surface area contributed by atoms with Crippen molar-refractivity contribution in [2.24, 2.45) is 0 Å². The molecule has 23 heavy (non-hydrogen) atoms. The Hall–Kier alpha value is -2.12. The Morgan fingerprint density at radius 1 is 0.696 bits per heavy atom. The van der Waals surface area contributed by atoms with Crippen LogP contribution < -0.4 is 5.32 Å². The summed E-state index contributed by atoms with van der Waals surface area (Å²) in [6, 6.07) is 24.1. The van der Waals surface area contributed by atoms with Gasteiger partial charge in [0.1, 0.15) is 0 Å². The molecule has 3 aromatic rings. The van der Waals surface area contributed by atoms with Crippen LogP contribution in [0.25, 0.3) is 10.8 Å². The van der Waals surface area contributed by atoms with Gasteiger partial charge in [-0.3, -0.25) is 0 Å². The van der Waals surface area contributed by atoms with E-state index in [0.717, 1.165) is 13.1 Å². The average molecular weight is 303 g/mol. The van der Waals surface area contributed by atoms with E-state index in [1.165, 1.54) is 27.5 Å². The maximum atomic E-state index is 3.54. The summed E-state index contributed by atoms with van der Waals surface area (Å²) >= 11 is 0. The summed E-state index contributed by atoms with van der Waals surface area (Å²) in [5, 5.41) is 6.15. The van der Waals surface area contributed by atoms with Crippen LogP contribution in [0.1, 0.15) is 37.5 Å². The molecule has 0 unspecified atom stereocenters. The fourth-order valence-electron chi connectivity index (χ4n) is 2.82. The Kier molecular flexibility index (Phi) is 4.49. The lowest BCUT2D eigenvalue weighted by Gasteiger charge is -2.19. The second-order valence-corrected chi connectivity index (χ2v) is 7.23. The lowest BCUT2D eigenvalue weighted by atomic mass is 9.87.